The number of rotatable bonds is 5. The average Bonchev–Trinajstić information content (AvgIpc) is 3.00. The lowest BCUT2D eigenvalue weighted by molar-refractivity contribution is -0.131. The summed E-state index contributed by atoms with van der Waals surface area (Å²) in [4.78, 5) is 27.5. The predicted octanol–water partition coefficient (Wildman–Crippen LogP) is 1.59. The molecular weight excluding hydrogens is 294 g/mol. The van der Waals surface area contributed by atoms with E-state index in [0.717, 1.165) is 18.4 Å². The fourth-order valence-corrected chi connectivity index (χ4v) is 2.82. The Morgan fingerprint density at radius 1 is 1.39 bits per heavy atom. The lowest BCUT2D eigenvalue weighted by Gasteiger charge is -2.29. The van der Waals surface area contributed by atoms with E-state index in [2.05, 4.69) is 0 Å². The summed E-state index contributed by atoms with van der Waals surface area (Å²) in [6, 6.07) is 9.05. The van der Waals surface area contributed by atoms with Crippen LogP contribution in [0.4, 0.5) is 4.79 Å². The first-order valence-corrected chi connectivity index (χ1v) is 7.97. The van der Waals surface area contributed by atoms with Gasteiger partial charge in [-0.05, 0) is 25.3 Å². The summed E-state index contributed by atoms with van der Waals surface area (Å²) in [5.74, 6) is -0.116. The molecule has 126 valence electrons. The molecule has 1 fully saturated rings. The zero-order valence-electron chi connectivity index (χ0n) is 13.8. The van der Waals surface area contributed by atoms with Crippen molar-refractivity contribution in [2.45, 2.75) is 38.5 Å². The summed E-state index contributed by atoms with van der Waals surface area (Å²) >= 11 is 0. The molecular formula is C17H25N3O3. The summed E-state index contributed by atoms with van der Waals surface area (Å²) in [5, 5.41) is 0. The summed E-state index contributed by atoms with van der Waals surface area (Å²) in [6.45, 7) is 3.08. The van der Waals surface area contributed by atoms with E-state index in [-0.39, 0.29) is 24.6 Å². The molecule has 0 unspecified atom stereocenters. The van der Waals surface area contributed by atoms with Gasteiger partial charge in [-0.1, -0.05) is 30.3 Å². The van der Waals surface area contributed by atoms with E-state index in [0.29, 0.717) is 13.1 Å². The Kier molecular flexibility index (Phi) is 5.98. The van der Waals surface area contributed by atoms with Gasteiger partial charge >= 0.3 is 6.09 Å². The van der Waals surface area contributed by atoms with Gasteiger partial charge in [0.1, 0.15) is 6.61 Å². The Morgan fingerprint density at radius 2 is 2.09 bits per heavy atom. The number of nitrogens with two attached hydrogens (primary N) is 1. The Hall–Kier alpha value is -2.08. The van der Waals surface area contributed by atoms with Crippen molar-refractivity contribution >= 4 is 12.0 Å². The maximum Gasteiger partial charge on any atom is 0.410 e. The Morgan fingerprint density at radius 3 is 2.74 bits per heavy atom. The van der Waals surface area contributed by atoms with Crippen molar-refractivity contribution in [2.75, 3.05) is 20.1 Å². The first kappa shape index (κ1) is 17.3. The fourth-order valence-electron chi connectivity index (χ4n) is 2.82. The lowest BCUT2D eigenvalue weighted by atomic mass is 10.2. The molecule has 0 spiro atoms. The molecule has 0 bridgehead atoms. The van der Waals surface area contributed by atoms with Crippen molar-refractivity contribution in [3.8, 4) is 0 Å². The summed E-state index contributed by atoms with van der Waals surface area (Å²) in [6.07, 6.45) is 1.47. The highest BCUT2D eigenvalue weighted by Gasteiger charge is 2.31. The average molecular weight is 319 g/mol. The molecule has 1 saturated heterocycles. The van der Waals surface area contributed by atoms with Crippen LogP contribution in [0, 0.1) is 0 Å². The van der Waals surface area contributed by atoms with Gasteiger partial charge in [0, 0.05) is 20.1 Å². The number of ether oxygens (including phenoxy) is 1. The van der Waals surface area contributed by atoms with Crippen LogP contribution < -0.4 is 5.73 Å². The molecule has 1 heterocycles. The molecule has 23 heavy (non-hydrogen) atoms. The molecule has 2 N–H and O–H groups in total. The number of carbonyl (C=O) groups excluding carboxylic acids is 2. The van der Waals surface area contributed by atoms with Crippen LogP contribution in [0.1, 0.15) is 25.3 Å². The lowest BCUT2D eigenvalue weighted by Crippen LogP contribution is -2.47. The standard InChI is InChI=1S/C17H25N3O3/c1-13(18)16(21)19(2)11-15-9-6-10-20(15)17(22)23-12-14-7-4-3-5-8-14/h3-5,7-8,13,15H,6,9-12,18H2,1-2H3/t13-,15+/m0/s1. The summed E-state index contributed by atoms with van der Waals surface area (Å²) in [7, 11) is 1.72. The van der Waals surface area contributed by atoms with E-state index in [4.69, 9.17) is 10.5 Å². The minimum atomic E-state index is -0.528. The molecule has 6 heteroatoms. The van der Waals surface area contributed by atoms with Crippen LogP contribution in [0.2, 0.25) is 0 Å². The smallest absolute Gasteiger partial charge is 0.410 e. The third kappa shape index (κ3) is 4.69. The summed E-state index contributed by atoms with van der Waals surface area (Å²) < 4.78 is 5.39. The quantitative estimate of drug-likeness (QED) is 0.894. The molecule has 1 aromatic carbocycles. The van der Waals surface area contributed by atoms with Crippen molar-refractivity contribution in [1.29, 1.82) is 0 Å². The molecule has 1 aliphatic rings. The van der Waals surface area contributed by atoms with Crippen LogP contribution in [-0.2, 0) is 16.1 Å². The Balaban J connectivity index is 1.87. The molecule has 0 saturated carbocycles. The van der Waals surface area contributed by atoms with Crippen molar-refractivity contribution in [1.82, 2.24) is 9.80 Å². The number of hydrogen-bond acceptors (Lipinski definition) is 4. The fraction of sp³-hybridized carbons (Fsp3) is 0.529. The van der Waals surface area contributed by atoms with Crippen molar-refractivity contribution in [3.63, 3.8) is 0 Å². The Bertz CT molecular complexity index is 533. The second-order valence-corrected chi connectivity index (χ2v) is 6.04. The minimum Gasteiger partial charge on any atom is -0.445 e. The first-order valence-electron chi connectivity index (χ1n) is 7.97. The van der Waals surface area contributed by atoms with Crippen LogP contribution in [-0.4, -0.2) is 54.0 Å². The topological polar surface area (TPSA) is 75.9 Å². The second kappa shape index (κ2) is 7.97. The van der Waals surface area contributed by atoms with Gasteiger partial charge in [-0.3, -0.25) is 4.79 Å². The van der Waals surface area contributed by atoms with Gasteiger partial charge in [-0.15, -0.1) is 0 Å². The molecule has 2 atom stereocenters. The van der Waals surface area contributed by atoms with E-state index in [9.17, 15) is 9.59 Å². The number of carbonyl (C=O) groups is 2. The largest absolute Gasteiger partial charge is 0.445 e. The van der Waals surface area contributed by atoms with E-state index < -0.39 is 6.04 Å². The van der Waals surface area contributed by atoms with Crippen molar-refractivity contribution < 1.29 is 14.3 Å². The predicted molar refractivity (Wildman–Crippen MR) is 87.6 cm³/mol. The molecule has 0 aliphatic carbocycles. The third-order valence-electron chi connectivity index (χ3n) is 4.07. The number of hydrogen-bond donors (Lipinski definition) is 1. The normalized spacial score (nSPS) is 18.6. The second-order valence-electron chi connectivity index (χ2n) is 6.04. The van der Waals surface area contributed by atoms with Crippen LogP contribution in [0.3, 0.4) is 0 Å². The molecule has 0 aromatic heterocycles. The van der Waals surface area contributed by atoms with Gasteiger partial charge in [0.2, 0.25) is 5.91 Å². The molecule has 1 aromatic rings. The maximum atomic E-state index is 12.3. The van der Waals surface area contributed by atoms with Gasteiger partial charge in [0.05, 0.1) is 12.1 Å². The molecule has 0 radical (unpaired) electrons. The van der Waals surface area contributed by atoms with Gasteiger partial charge in [-0.2, -0.15) is 0 Å². The molecule has 6 nitrogen and oxygen atoms in total. The van der Waals surface area contributed by atoms with Crippen molar-refractivity contribution in [3.05, 3.63) is 35.9 Å². The highest BCUT2D eigenvalue weighted by molar-refractivity contribution is 5.81. The van der Waals surface area contributed by atoms with Crippen LogP contribution in [0.15, 0.2) is 30.3 Å². The highest BCUT2D eigenvalue weighted by Crippen LogP contribution is 2.19. The van der Waals surface area contributed by atoms with Crippen LogP contribution in [0.5, 0.6) is 0 Å². The first-order chi connectivity index (χ1) is 11.0. The summed E-state index contributed by atoms with van der Waals surface area (Å²) in [5.41, 5.74) is 6.58. The van der Waals surface area contributed by atoms with Gasteiger partial charge in [0.15, 0.2) is 0 Å². The number of benzene rings is 1. The van der Waals surface area contributed by atoms with E-state index in [1.54, 1.807) is 23.8 Å². The monoisotopic (exact) mass is 319 g/mol. The molecule has 2 amide bonds. The van der Waals surface area contributed by atoms with E-state index in [1.165, 1.54) is 0 Å². The van der Waals surface area contributed by atoms with E-state index in [1.807, 2.05) is 30.3 Å². The zero-order chi connectivity index (χ0) is 16.8. The molecule has 2 rings (SSSR count). The highest BCUT2D eigenvalue weighted by atomic mass is 16.6. The number of amides is 2. The number of nitrogens with zero attached hydrogens (tertiary/aromatic N) is 2. The van der Waals surface area contributed by atoms with Gasteiger partial charge in [-0.25, -0.2) is 4.79 Å². The van der Waals surface area contributed by atoms with Crippen LogP contribution >= 0.6 is 0 Å². The van der Waals surface area contributed by atoms with Gasteiger partial charge < -0.3 is 20.3 Å². The van der Waals surface area contributed by atoms with Gasteiger partial charge in [0.25, 0.3) is 0 Å². The SMILES string of the molecule is C[C@H](N)C(=O)N(C)C[C@H]1CCCN1C(=O)OCc1ccccc1. The minimum absolute atomic E-state index is 0.00836. The maximum absolute atomic E-state index is 12.3. The zero-order valence-corrected chi connectivity index (χ0v) is 13.8. The van der Waals surface area contributed by atoms with Crippen molar-refractivity contribution in [2.24, 2.45) is 5.73 Å². The van der Waals surface area contributed by atoms with E-state index >= 15 is 0 Å². The third-order valence-corrected chi connectivity index (χ3v) is 4.07. The Labute approximate surface area is 137 Å². The van der Waals surface area contributed by atoms with Crippen LogP contribution in [0.25, 0.3) is 0 Å². The number of likely N-dealkylation sites (N-methyl/N-ethyl adjacent to an activating group) is 1. The molecule has 1 aliphatic heterocycles. The number of likely N-dealkylation sites (tertiary alicyclic amines) is 1.